The molecular weight excluding hydrogens is 248 g/mol. The minimum absolute atomic E-state index is 0.0673. The minimum Gasteiger partial charge on any atom is -0.360 e. The van der Waals surface area contributed by atoms with Crippen molar-refractivity contribution in [3.05, 3.63) is 11.8 Å². The van der Waals surface area contributed by atoms with Crippen LogP contribution in [-0.2, 0) is 9.59 Å². The summed E-state index contributed by atoms with van der Waals surface area (Å²) >= 11 is 0. The van der Waals surface area contributed by atoms with Crippen LogP contribution in [0.4, 0.5) is 5.82 Å². The predicted molar refractivity (Wildman–Crippen MR) is 70.4 cm³/mol. The number of rotatable bonds is 6. The number of nitrogens with zero attached hydrogens (tertiary/aromatic N) is 2. The van der Waals surface area contributed by atoms with Gasteiger partial charge in [-0.1, -0.05) is 18.5 Å². The zero-order valence-electron chi connectivity index (χ0n) is 11.5. The number of hydrogen-bond acceptors (Lipinski definition) is 5. The van der Waals surface area contributed by atoms with Crippen molar-refractivity contribution in [2.24, 2.45) is 5.73 Å². The summed E-state index contributed by atoms with van der Waals surface area (Å²) in [6, 6.07) is 1.04. The molecule has 0 saturated heterocycles. The van der Waals surface area contributed by atoms with Crippen molar-refractivity contribution in [1.29, 1.82) is 0 Å². The Kier molecular flexibility index (Phi) is 5.50. The molecule has 0 aromatic carbocycles. The molecule has 0 aliphatic rings. The topological polar surface area (TPSA) is 101 Å². The van der Waals surface area contributed by atoms with Crippen molar-refractivity contribution in [3.8, 4) is 0 Å². The quantitative estimate of drug-likeness (QED) is 0.782. The molecule has 0 aliphatic carbocycles. The molecule has 7 nitrogen and oxygen atoms in total. The highest BCUT2D eigenvalue weighted by atomic mass is 16.5. The van der Waals surface area contributed by atoms with Gasteiger partial charge in [-0.2, -0.15) is 0 Å². The van der Waals surface area contributed by atoms with Gasteiger partial charge in [-0.05, 0) is 13.3 Å². The normalized spacial score (nSPS) is 12.0. The minimum atomic E-state index is -0.558. The molecule has 1 heterocycles. The second kappa shape index (κ2) is 6.89. The standard InChI is InChI=1S/C12H20N4O3/c1-4-5-9(13)12(18)16(3)7-11(17)14-10-6-8(2)19-15-10/h6,9H,4-5,7,13H2,1-3H3,(H,14,15,17)/t9-/m1/s1. The van der Waals surface area contributed by atoms with Crippen LogP contribution in [-0.4, -0.2) is 41.5 Å². The number of nitrogens with two attached hydrogens (primary N) is 1. The molecule has 3 N–H and O–H groups in total. The number of likely N-dealkylation sites (N-methyl/N-ethyl adjacent to an activating group) is 1. The van der Waals surface area contributed by atoms with Crippen LogP contribution in [0.25, 0.3) is 0 Å². The molecule has 1 atom stereocenters. The van der Waals surface area contributed by atoms with Crippen LogP contribution in [0.1, 0.15) is 25.5 Å². The van der Waals surface area contributed by atoms with Crippen molar-refractivity contribution in [2.45, 2.75) is 32.7 Å². The summed E-state index contributed by atoms with van der Waals surface area (Å²) in [6.45, 7) is 3.61. The zero-order chi connectivity index (χ0) is 14.4. The molecule has 0 fully saturated rings. The Morgan fingerprint density at radius 2 is 2.26 bits per heavy atom. The van der Waals surface area contributed by atoms with Gasteiger partial charge in [-0.15, -0.1) is 0 Å². The molecule has 1 aromatic rings. The van der Waals surface area contributed by atoms with E-state index in [1.54, 1.807) is 20.0 Å². The van der Waals surface area contributed by atoms with Crippen molar-refractivity contribution in [2.75, 3.05) is 18.9 Å². The van der Waals surface area contributed by atoms with E-state index in [9.17, 15) is 9.59 Å². The molecule has 0 spiro atoms. The lowest BCUT2D eigenvalue weighted by atomic mass is 10.1. The lowest BCUT2D eigenvalue weighted by Crippen LogP contribution is -2.44. The van der Waals surface area contributed by atoms with Crippen LogP contribution < -0.4 is 11.1 Å². The van der Waals surface area contributed by atoms with Crippen LogP contribution in [0.15, 0.2) is 10.6 Å². The highest BCUT2D eigenvalue weighted by molar-refractivity contribution is 5.94. The number of aryl methyl sites for hydroxylation is 1. The Balaban J connectivity index is 2.45. The van der Waals surface area contributed by atoms with Gasteiger partial charge in [0.1, 0.15) is 5.76 Å². The molecule has 1 aromatic heterocycles. The van der Waals surface area contributed by atoms with Gasteiger partial charge < -0.3 is 20.5 Å². The smallest absolute Gasteiger partial charge is 0.245 e. The van der Waals surface area contributed by atoms with E-state index >= 15 is 0 Å². The summed E-state index contributed by atoms with van der Waals surface area (Å²) in [5, 5.41) is 6.18. The Labute approximate surface area is 112 Å². The second-order valence-corrected chi connectivity index (χ2v) is 4.46. The van der Waals surface area contributed by atoms with Gasteiger partial charge in [-0.3, -0.25) is 9.59 Å². The molecule has 0 bridgehead atoms. The number of carbonyl (C=O) groups is 2. The first-order chi connectivity index (χ1) is 8.93. The van der Waals surface area contributed by atoms with Gasteiger partial charge in [0.15, 0.2) is 5.82 Å². The van der Waals surface area contributed by atoms with Crippen molar-refractivity contribution < 1.29 is 14.1 Å². The molecule has 0 unspecified atom stereocenters. The highest BCUT2D eigenvalue weighted by Gasteiger charge is 2.19. The fourth-order valence-electron chi connectivity index (χ4n) is 1.62. The largest absolute Gasteiger partial charge is 0.360 e. The molecule has 0 radical (unpaired) electrons. The molecule has 2 amide bonds. The molecule has 0 saturated carbocycles. The van der Waals surface area contributed by atoms with Crippen molar-refractivity contribution >= 4 is 17.6 Å². The van der Waals surface area contributed by atoms with Crippen LogP contribution in [0.3, 0.4) is 0 Å². The summed E-state index contributed by atoms with van der Waals surface area (Å²) in [4.78, 5) is 24.8. The fraction of sp³-hybridized carbons (Fsp3) is 0.583. The number of amides is 2. The molecule has 106 valence electrons. The fourth-order valence-corrected chi connectivity index (χ4v) is 1.62. The predicted octanol–water partition coefficient (Wildman–Crippen LogP) is 0.507. The van der Waals surface area contributed by atoms with Gasteiger partial charge in [0.05, 0.1) is 12.6 Å². The first-order valence-corrected chi connectivity index (χ1v) is 6.17. The van der Waals surface area contributed by atoms with Gasteiger partial charge in [0.2, 0.25) is 11.8 Å². The number of nitrogens with one attached hydrogen (secondary N) is 1. The number of aromatic nitrogens is 1. The lowest BCUT2D eigenvalue weighted by molar-refractivity contribution is -0.134. The van der Waals surface area contributed by atoms with E-state index in [4.69, 9.17) is 10.3 Å². The average Bonchev–Trinajstić information content (AvgIpc) is 2.73. The maximum absolute atomic E-state index is 11.8. The van der Waals surface area contributed by atoms with Gasteiger partial charge in [0.25, 0.3) is 0 Å². The summed E-state index contributed by atoms with van der Waals surface area (Å²) < 4.78 is 4.82. The average molecular weight is 268 g/mol. The number of hydrogen-bond donors (Lipinski definition) is 2. The third-order valence-corrected chi connectivity index (χ3v) is 2.57. The molecule has 1 rings (SSSR count). The van der Waals surface area contributed by atoms with E-state index < -0.39 is 6.04 Å². The number of carbonyl (C=O) groups excluding carboxylic acids is 2. The Morgan fingerprint density at radius 3 is 2.79 bits per heavy atom. The van der Waals surface area contributed by atoms with Crippen LogP contribution in [0, 0.1) is 6.92 Å². The van der Waals surface area contributed by atoms with E-state index in [1.807, 2.05) is 6.92 Å². The van der Waals surface area contributed by atoms with Gasteiger partial charge in [-0.25, -0.2) is 0 Å². The maximum Gasteiger partial charge on any atom is 0.245 e. The summed E-state index contributed by atoms with van der Waals surface area (Å²) in [5.41, 5.74) is 5.71. The Hall–Kier alpha value is -1.89. The molecule has 7 heteroatoms. The van der Waals surface area contributed by atoms with Crippen LogP contribution in [0.2, 0.25) is 0 Å². The van der Waals surface area contributed by atoms with Crippen LogP contribution in [0.5, 0.6) is 0 Å². The summed E-state index contributed by atoms with van der Waals surface area (Å²) in [6.07, 6.45) is 1.43. The summed E-state index contributed by atoms with van der Waals surface area (Å²) in [5.74, 6) is 0.354. The SMILES string of the molecule is CCC[C@@H](N)C(=O)N(C)CC(=O)Nc1cc(C)on1. The first kappa shape index (κ1) is 15.2. The highest BCUT2D eigenvalue weighted by Crippen LogP contribution is 2.07. The van der Waals surface area contributed by atoms with E-state index in [2.05, 4.69) is 10.5 Å². The monoisotopic (exact) mass is 268 g/mol. The van der Waals surface area contributed by atoms with Crippen molar-refractivity contribution in [3.63, 3.8) is 0 Å². The number of anilines is 1. The van der Waals surface area contributed by atoms with E-state index in [0.717, 1.165) is 6.42 Å². The van der Waals surface area contributed by atoms with E-state index in [-0.39, 0.29) is 18.4 Å². The van der Waals surface area contributed by atoms with Crippen molar-refractivity contribution in [1.82, 2.24) is 10.1 Å². The van der Waals surface area contributed by atoms with E-state index in [0.29, 0.717) is 18.0 Å². The zero-order valence-corrected chi connectivity index (χ0v) is 11.5. The van der Waals surface area contributed by atoms with Gasteiger partial charge in [0, 0.05) is 13.1 Å². The molecular formula is C12H20N4O3. The third kappa shape index (κ3) is 4.70. The van der Waals surface area contributed by atoms with Gasteiger partial charge >= 0.3 is 0 Å². The lowest BCUT2D eigenvalue weighted by Gasteiger charge is -2.20. The molecule has 19 heavy (non-hydrogen) atoms. The summed E-state index contributed by atoms with van der Waals surface area (Å²) in [7, 11) is 1.55. The van der Waals surface area contributed by atoms with E-state index in [1.165, 1.54) is 4.90 Å². The first-order valence-electron chi connectivity index (χ1n) is 6.17. The third-order valence-electron chi connectivity index (χ3n) is 2.57. The maximum atomic E-state index is 11.8. The molecule has 0 aliphatic heterocycles. The van der Waals surface area contributed by atoms with Crippen LogP contribution >= 0.6 is 0 Å². The Morgan fingerprint density at radius 1 is 1.58 bits per heavy atom. The Bertz CT molecular complexity index is 444. The second-order valence-electron chi connectivity index (χ2n) is 4.46.